The fourth-order valence-electron chi connectivity index (χ4n) is 1.68. The molecule has 1 aromatic carbocycles. The first-order valence-electron chi connectivity index (χ1n) is 5.96. The van der Waals surface area contributed by atoms with Crippen LogP contribution in [0.25, 0.3) is 0 Å². The van der Waals surface area contributed by atoms with Crippen molar-refractivity contribution in [3.05, 3.63) is 24.3 Å². The molecule has 0 aromatic heterocycles. The Balaban J connectivity index is 1.84. The summed E-state index contributed by atoms with van der Waals surface area (Å²) >= 11 is 0. The number of phenols is 1. The molecule has 0 unspecified atom stereocenters. The predicted molar refractivity (Wildman–Crippen MR) is 67.2 cm³/mol. The first-order chi connectivity index (χ1) is 8.16. The Hall–Kier alpha value is -1.55. The molecule has 4 nitrogen and oxygen atoms in total. The molecule has 17 heavy (non-hydrogen) atoms. The largest absolute Gasteiger partial charge is 0.508 e. The van der Waals surface area contributed by atoms with Gasteiger partial charge < -0.3 is 15.3 Å². The molecule has 2 rings (SSSR count). The third kappa shape index (κ3) is 3.46. The monoisotopic (exact) mass is 234 g/mol. The van der Waals surface area contributed by atoms with Gasteiger partial charge in [-0.05, 0) is 25.0 Å². The summed E-state index contributed by atoms with van der Waals surface area (Å²) in [5.74, 6) is 0.238. The maximum Gasteiger partial charge on any atom is 0.227 e. The number of carbonyl (C=O) groups is 1. The number of hydrogen-bond acceptors (Lipinski definition) is 3. The molecular formula is C13H18N2O2. The van der Waals surface area contributed by atoms with Crippen molar-refractivity contribution in [1.29, 1.82) is 0 Å². The molecule has 1 aliphatic carbocycles. The summed E-state index contributed by atoms with van der Waals surface area (Å²) in [4.78, 5) is 13.4. The van der Waals surface area contributed by atoms with Crippen molar-refractivity contribution in [2.75, 3.05) is 18.5 Å². The van der Waals surface area contributed by atoms with E-state index in [4.69, 9.17) is 0 Å². The van der Waals surface area contributed by atoms with Gasteiger partial charge in [-0.25, -0.2) is 0 Å². The lowest BCUT2D eigenvalue weighted by Crippen LogP contribution is -2.30. The Morgan fingerprint density at radius 1 is 1.53 bits per heavy atom. The number of hydrogen-bond donors (Lipinski definition) is 2. The summed E-state index contributed by atoms with van der Waals surface area (Å²) in [6.07, 6.45) is 2.95. The Morgan fingerprint density at radius 2 is 2.29 bits per heavy atom. The van der Waals surface area contributed by atoms with Crippen molar-refractivity contribution < 1.29 is 9.90 Å². The summed E-state index contributed by atoms with van der Waals surface area (Å²) in [7, 11) is 1.73. The van der Waals surface area contributed by atoms with Gasteiger partial charge in [0.25, 0.3) is 0 Å². The number of rotatable bonds is 5. The summed E-state index contributed by atoms with van der Waals surface area (Å²) in [6.45, 7) is 0.729. The van der Waals surface area contributed by atoms with Gasteiger partial charge in [0.15, 0.2) is 0 Å². The van der Waals surface area contributed by atoms with E-state index < -0.39 is 0 Å². The van der Waals surface area contributed by atoms with Crippen LogP contribution in [-0.2, 0) is 4.79 Å². The Morgan fingerprint density at radius 3 is 2.94 bits per heavy atom. The van der Waals surface area contributed by atoms with Gasteiger partial charge in [0.1, 0.15) is 5.75 Å². The number of amides is 1. The number of anilines is 1. The van der Waals surface area contributed by atoms with Crippen molar-refractivity contribution >= 4 is 11.6 Å². The average molecular weight is 234 g/mol. The number of benzene rings is 1. The SMILES string of the molecule is CN(C(=O)CCNC1CC1)c1cccc(O)c1. The highest BCUT2D eigenvalue weighted by molar-refractivity contribution is 5.93. The Labute approximate surface area is 101 Å². The highest BCUT2D eigenvalue weighted by atomic mass is 16.3. The first-order valence-corrected chi connectivity index (χ1v) is 5.96. The molecule has 0 heterocycles. The smallest absolute Gasteiger partial charge is 0.227 e. The van der Waals surface area contributed by atoms with Gasteiger partial charge in [0, 0.05) is 37.8 Å². The van der Waals surface area contributed by atoms with Crippen LogP contribution >= 0.6 is 0 Å². The highest BCUT2D eigenvalue weighted by Gasteiger charge is 2.20. The van der Waals surface area contributed by atoms with Gasteiger partial charge in [-0.15, -0.1) is 0 Å². The second-order valence-corrected chi connectivity index (χ2v) is 4.45. The minimum atomic E-state index is 0.0590. The maximum absolute atomic E-state index is 11.9. The lowest BCUT2D eigenvalue weighted by Gasteiger charge is -2.17. The summed E-state index contributed by atoms with van der Waals surface area (Å²) < 4.78 is 0. The zero-order chi connectivity index (χ0) is 12.3. The lowest BCUT2D eigenvalue weighted by atomic mass is 10.2. The molecule has 0 saturated heterocycles. The number of phenolic OH excluding ortho intramolecular Hbond substituents is 1. The van der Waals surface area contributed by atoms with Crippen LogP contribution in [-0.4, -0.2) is 30.6 Å². The van der Waals surface area contributed by atoms with Gasteiger partial charge in [-0.1, -0.05) is 6.07 Å². The summed E-state index contributed by atoms with van der Waals surface area (Å²) in [5, 5.41) is 12.7. The molecule has 4 heteroatoms. The molecule has 0 spiro atoms. The topological polar surface area (TPSA) is 52.6 Å². The fraction of sp³-hybridized carbons (Fsp3) is 0.462. The highest BCUT2D eigenvalue weighted by Crippen LogP contribution is 2.20. The van der Waals surface area contributed by atoms with Gasteiger partial charge >= 0.3 is 0 Å². The molecule has 0 aliphatic heterocycles. The van der Waals surface area contributed by atoms with E-state index in [1.54, 1.807) is 30.1 Å². The third-order valence-corrected chi connectivity index (χ3v) is 2.94. The van der Waals surface area contributed by atoms with E-state index in [1.807, 2.05) is 6.07 Å². The fourth-order valence-corrected chi connectivity index (χ4v) is 1.68. The molecule has 0 bridgehead atoms. The lowest BCUT2D eigenvalue weighted by molar-refractivity contribution is -0.118. The third-order valence-electron chi connectivity index (χ3n) is 2.94. The first kappa shape index (κ1) is 11.9. The van der Waals surface area contributed by atoms with Crippen LogP contribution in [0.5, 0.6) is 5.75 Å². The molecule has 92 valence electrons. The number of nitrogens with zero attached hydrogens (tertiary/aromatic N) is 1. The van der Waals surface area contributed by atoms with E-state index >= 15 is 0 Å². The van der Waals surface area contributed by atoms with Crippen LogP contribution in [0.2, 0.25) is 0 Å². The molecular weight excluding hydrogens is 216 g/mol. The van der Waals surface area contributed by atoms with Gasteiger partial charge in [-0.3, -0.25) is 4.79 Å². The van der Waals surface area contributed by atoms with Crippen molar-refractivity contribution in [2.24, 2.45) is 0 Å². The van der Waals surface area contributed by atoms with E-state index in [1.165, 1.54) is 12.8 Å². The minimum absolute atomic E-state index is 0.0590. The maximum atomic E-state index is 11.9. The second-order valence-electron chi connectivity index (χ2n) is 4.45. The molecule has 1 amide bonds. The van der Waals surface area contributed by atoms with Crippen LogP contribution in [0.1, 0.15) is 19.3 Å². The van der Waals surface area contributed by atoms with Crippen LogP contribution < -0.4 is 10.2 Å². The quantitative estimate of drug-likeness (QED) is 0.811. The van der Waals surface area contributed by atoms with Crippen molar-refractivity contribution in [3.8, 4) is 5.75 Å². The van der Waals surface area contributed by atoms with Gasteiger partial charge in [-0.2, -0.15) is 0 Å². The number of carbonyl (C=O) groups excluding carboxylic acids is 1. The summed E-state index contributed by atoms with van der Waals surface area (Å²) in [6, 6.07) is 7.36. The van der Waals surface area contributed by atoms with E-state index in [-0.39, 0.29) is 11.7 Å². The Kier molecular flexibility index (Phi) is 3.64. The van der Waals surface area contributed by atoms with Crippen LogP contribution in [0, 0.1) is 0 Å². The van der Waals surface area contributed by atoms with Crippen molar-refractivity contribution in [1.82, 2.24) is 5.32 Å². The zero-order valence-electron chi connectivity index (χ0n) is 10.0. The average Bonchev–Trinajstić information content (AvgIpc) is 3.12. The van der Waals surface area contributed by atoms with Gasteiger partial charge in [0.2, 0.25) is 5.91 Å². The van der Waals surface area contributed by atoms with Crippen molar-refractivity contribution in [3.63, 3.8) is 0 Å². The predicted octanol–water partition coefficient (Wildman–Crippen LogP) is 1.50. The van der Waals surface area contributed by atoms with Gasteiger partial charge in [0.05, 0.1) is 0 Å². The standard InChI is InChI=1S/C13H18N2O2/c1-15(11-3-2-4-12(16)9-11)13(17)7-8-14-10-5-6-10/h2-4,9-10,14,16H,5-8H2,1H3. The molecule has 2 N–H and O–H groups in total. The van der Waals surface area contributed by atoms with Crippen LogP contribution in [0.3, 0.4) is 0 Å². The number of aromatic hydroxyl groups is 1. The van der Waals surface area contributed by atoms with Crippen molar-refractivity contribution in [2.45, 2.75) is 25.3 Å². The number of nitrogens with one attached hydrogen (secondary N) is 1. The second kappa shape index (κ2) is 5.19. The van der Waals surface area contributed by atoms with E-state index in [2.05, 4.69) is 5.32 Å². The summed E-state index contributed by atoms with van der Waals surface area (Å²) in [5.41, 5.74) is 0.724. The van der Waals surface area contributed by atoms with E-state index in [9.17, 15) is 9.90 Å². The molecule has 1 fully saturated rings. The molecule has 0 atom stereocenters. The molecule has 1 saturated carbocycles. The minimum Gasteiger partial charge on any atom is -0.508 e. The van der Waals surface area contributed by atoms with E-state index in [0.29, 0.717) is 12.5 Å². The van der Waals surface area contributed by atoms with Crippen LogP contribution in [0.15, 0.2) is 24.3 Å². The normalized spacial score (nSPS) is 14.6. The molecule has 1 aliphatic rings. The molecule has 1 aromatic rings. The zero-order valence-corrected chi connectivity index (χ0v) is 10.0. The van der Waals surface area contributed by atoms with E-state index in [0.717, 1.165) is 12.2 Å². The molecule has 0 radical (unpaired) electrons. The Bertz CT molecular complexity index is 402. The van der Waals surface area contributed by atoms with Crippen LogP contribution in [0.4, 0.5) is 5.69 Å².